The normalized spacial score (nSPS) is 34.8. The maximum absolute atomic E-state index is 9.97. The van der Waals surface area contributed by atoms with E-state index in [0.717, 1.165) is 45.3 Å². The molecule has 2 rings (SSSR count). The van der Waals surface area contributed by atoms with E-state index in [4.69, 9.17) is 4.74 Å². The van der Waals surface area contributed by atoms with Crippen molar-refractivity contribution in [2.24, 2.45) is 0 Å². The lowest BCUT2D eigenvalue weighted by Crippen LogP contribution is -2.50. The Balaban J connectivity index is 1.69. The largest absolute Gasteiger partial charge is 0.389 e. The Morgan fingerprint density at radius 1 is 1.47 bits per heavy atom. The van der Waals surface area contributed by atoms with Crippen LogP contribution in [0.4, 0.5) is 0 Å². The minimum atomic E-state index is -0.389. The molecule has 3 heteroatoms. The van der Waals surface area contributed by atoms with E-state index in [0.29, 0.717) is 12.1 Å². The number of aliphatic hydroxyl groups is 1. The molecule has 0 amide bonds. The quantitative estimate of drug-likeness (QED) is 0.742. The zero-order valence-corrected chi connectivity index (χ0v) is 9.67. The summed E-state index contributed by atoms with van der Waals surface area (Å²) < 4.78 is 5.63. The molecule has 0 bridgehead atoms. The average molecular weight is 213 g/mol. The lowest BCUT2D eigenvalue weighted by Gasteiger charge is -2.39. The second-order valence-corrected chi connectivity index (χ2v) is 5.08. The van der Waals surface area contributed by atoms with Crippen molar-refractivity contribution in [3.63, 3.8) is 0 Å². The number of ether oxygens (including phenoxy) is 1. The molecule has 2 unspecified atom stereocenters. The molecule has 1 saturated carbocycles. The molecule has 1 heterocycles. The SMILES string of the molecule is CCC1CC(NCC2(O)CCC2)CCO1. The molecule has 88 valence electrons. The molecule has 0 spiro atoms. The Bertz CT molecular complexity index is 204. The van der Waals surface area contributed by atoms with Gasteiger partial charge in [0.15, 0.2) is 0 Å². The first-order valence-corrected chi connectivity index (χ1v) is 6.29. The van der Waals surface area contributed by atoms with Gasteiger partial charge in [0, 0.05) is 19.2 Å². The summed E-state index contributed by atoms with van der Waals surface area (Å²) >= 11 is 0. The van der Waals surface area contributed by atoms with E-state index in [-0.39, 0.29) is 5.60 Å². The minimum absolute atomic E-state index is 0.389. The third kappa shape index (κ3) is 2.92. The first-order chi connectivity index (χ1) is 7.22. The van der Waals surface area contributed by atoms with Crippen molar-refractivity contribution in [1.82, 2.24) is 5.32 Å². The van der Waals surface area contributed by atoms with E-state index < -0.39 is 0 Å². The molecule has 3 nitrogen and oxygen atoms in total. The molecule has 1 aliphatic heterocycles. The van der Waals surface area contributed by atoms with Crippen LogP contribution in [0, 0.1) is 0 Å². The van der Waals surface area contributed by atoms with E-state index in [9.17, 15) is 5.11 Å². The fourth-order valence-corrected chi connectivity index (χ4v) is 2.45. The van der Waals surface area contributed by atoms with Gasteiger partial charge in [-0.15, -0.1) is 0 Å². The van der Waals surface area contributed by atoms with Crippen LogP contribution in [0.5, 0.6) is 0 Å². The van der Waals surface area contributed by atoms with Crippen LogP contribution in [0.25, 0.3) is 0 Å². The molecule has 2 atom stereocenters. The zero-order chi connectivity index (χ0) is 10.7. The highest BCUT2D eigenvalue weighted by molar-refractivity contribution is 4.91. The van der Waals surface area contributed by atoms with Gasteiger partial charge in [-0.25, -0.2) is 0 Å². The Morgan fingerprint density at radius 2 is 2.27 bits per heavy atom. The van der Waals surface area contributed by atoms with Crippen LogP contribution in [0.2, 0.25) is 0 Å². The highest BCUT2D eigenvalue weighted by Crippen LogP contribution is 2.31. The molecule has 2 aliphatic rings. The third-order valence-corrected chi connectivity index (χ3v) is 3.83. The monoisotopic (exact) mass is 213 g/mol. The Kier molecular flexibility index (Phi) is 3.65. The van der Waals surface area contributed by atoms with Crippen LogP contribution in [-0.2, 0) is 4.74 Å². The Hall–Kier alpha value is -0.120. The van der Waals surface area contributed by atoms with E-state index in [1.807, 2.05) is 0 Å². The summed E-state index contributed by atoms with van der Waals surface area (Å²) in [6.07, 6.45) is 6.85. The highest BCUT2D eigenvalue weighted by Gasteiger charge is 2.35. The minimum Gasteiger partial charge on any atom is -0.389 e. The lowest BCUT2D eigenvalue weighted by atomic mass is 9.80. The topological polar surface area (TPSA) is 41.5 Å². The number of rotatable bonds is 4. The predicted molar refractivity (Wildman–Crippen MR) is 59.9 cm³/mol. The molecule has 0 aromatic heterocycles. The van der Waals surface area contributed by atoms with Crippen LogP contribution in [0.15, 0.2) is 0 Å². The summed E-state index contributed by atoms with van der Waals surface area (Å²) in [6.45, 7) is 3.81. The van der Waals surface area contributed by atoms with Gasteiger partial charge < -0.3 is 15.2 Å². The summed E-state index contributed by atoms with van der Waals surface area (Å²) in [5, 5.41) is 13.5. The van der Waals surface area contributed by atoms with Crippen molar-refractivity contribution in [1.29, 1.82) is 0 Å². The van der Waals surface area contributed by atoms with Crippen LogP contribution in [-0.4, -0.2) is 36.0 Å². The smallest absolute Gasteiger partial charge is 0.0771 e. The van der Waals surface area contributed by atoms with E-state index in [2.05, 4.69) is 12.2 Å². The molecular weight excluding hydrogens is 190 g/mol. The highest BCUT2D eigenvalue weighted by atomic mass is 16.5. The van der Waals surface area contributed by atoms with Crippen molar-refractivity contribution < 1.29 is 9.84 Å². The summed E-state index contributed by atoms with van der Waals surface area (Å²) in [5.74, 6) is 0. The van der Waals surface area contributed by atoms with E-state index in [1.54, 1.807) is 0 Å². The maximum Gasteiger partial charge on any atom is 0.0771 e. The second kappa shape index (κ2) is 4.81. The summed E-state index contributed by atoms with van der Waals surface area (Å²) in [7, 11) is 0. The maximum atomic E-state index is 9.97. The van der Waals surface area contributed by atoms with Crippen molar-refractivity contribution in [2.45, 2.75) is 63.2 Å². The summed E-state index contributed by atoms with van der Waals surface area (Å²) in [4.78, 5) is 0. The molecule has 0 radical (unpaired) electrons. The van der Waals surface area contributed by atoms with Crippen LogP contribution < -0.4 is 5.32 Å². The zero-order valence-electron chi connectivity index (χ0n) is 9.67. The van der Waals surface area contributed by atoms with Crippen LogP contribution in [0.1, 0.15) is 45.4 Å². The predicted octanol–water partition coefficient (Wildman–Crippen LogP) is 1.45. The molecule has 2 N–H and O–H groups in total. The third-order valence-electron chi connectivity index (χ3n) is 3.83. The molecule has 0 aromatic carbocycles. The lowest BCUT2D eigenvalue weighted by molar-refractivity contribution is -0.0430. The Morgan fingerprint density at radius 3 is 2.87 bits per heavy atom. The fraction of sp³-hybridized carbons (Fsp3) is 1.00. The molecule has 15 heavy (non-hydrogen) atoms. The number of hydrogen-bond acceptors (Lipinski definition) is 3. The summed E-state index contributed by atoms with van der Waals surface area (Å²) in [6, 6.07) is 0.549. The summed E-state index contributed by atoms with van der Waals surface area (Å²) in [5.41, 5.74) is -0.389. The standard InChI is InChI=1S/C12H23NO2/c1-2-11-8-10(4-7-15-11)13-9-12(14)5-3-6-12/h10-11,13-14H,2-9H2,1H3. The second-order valence-electron chi connectivity index (χ2n) is 5.08. The van der Waals surface area contributed by atoms with Gasteiger partial charge in [0.05, 0.1) is 11.7 Å². The van der Waals surface area contributed by atoms with Gasteiger partial charge in [-0.05, 0) is 38.5 Å². The molecule has 1 aliphatic carbocycles. The van der Waals surface area contributed by atoms with Gasteiger partial charge in [-0.1, -0.05) is 6.92 Å². The van der Waals surface area contributed by atoms with Gasteiger partial charge in [0.1, 0.15) is 0 Å². The number of nitrogens with one attached hydrogen (secondary N) is 1. The van der Waals surface area contributed by atoms with Crippen molar-refractivity contribution >= 4 is 0 Å². The first-order valence-electron chi connectivity index (χ1n) is 6.29. The number of hydrogen-bond donors (Lipinski definition) is 2. The van der Waals surface area contributed by atoms with Gasteiger partial charge in [0.25, 0.3) is 0 Å². The van der Waals surface area contributed by atoms with Gasteiger partial charge in [0.2, 0.25) is 0 Å². The van der Waals surface area contributed by atoms with Crippen LogP contribution in [0.3, 0.4) is 0 Å². The van der Waals surface area contributed by atoms with Crippen molar-refractivity contribution in [3.05, 3.63) is 0 Å². The molecule has 1 saturated heterocycles. The van der Waals surface area contributed by atoms with Gasteiger partial charge in [-0.3, -0.25) is 0 Å². The van der Waals surface area contributed by atoms with Crippen molar-refractivity contribution in [3.8, 4) is 0 Å². The fourth-order valence-electron chi connectivity index (χ4n) is 2.45. The first kappa shape index (κ1) is 11.4. The molecule has 2 fully saturated rings. The van der Waals surface area contributed by atoms with E-state index >= 15 is 0 Å². The Labute approximate surface area is 92.2 Å². The van der Waals surface area contributed by atoms with Crippen LogP contribution >= 0.6 is 0 Å². The van der Waals surface area contributed by atoms with E-state index in [1.165, 1.54) is 6.42 Å². The van der Waals surface area contributed by atoms with Gasteiger partial charge in [-0.2, -0.15) is 0 Å². The average Bonchev–Trinajstić information content (AvgIpc) is 2.24. The molecular formula is C12H23NO2. The van der Waals surface area contributed by atoms with Gasteiger partial charge >= 0.3 is 0 Å². The molecule has 0 aromatic rings. The van der Waals surface area contributed by atoms with Crippen molar-refractivity contribution in [2.75, 3.05) is 13.2 Å².